The van der Waals surface area contributed by atoms with Gasteiger partial charge in [-0.2, -0.15) is 0 Å². The van der Waals surface area contributed by atoms with Crippen molar-refractivity contribution in [3.05, 3.63) is 68.1 Å². The zero-order valence-corrected chi connectivity index (χ0v) is 14.3. The van der Waals surface area contributed by atoms with E-state index in [-0.39, 0.29) is 6.04 Å². The van der Waals surface area contributed by atoms with Gasteiger partial charge in [-0.15, -0.1) is 0 Å². The highest BCUT2D eigenvalue weighted by Gasteiger charge is 2.19. The smallest absolute Gasteiger partial charge is 0.0552 e. The molecule has 0 amide bonds. The van der Waals surface area contributed by atoms with Crippen LogP contribution in [0.3, 0.4) is 0 Å². The molecule has 1 aliphatic carbocycles. The minimum Gasteiger partial charge on any atom is -0.320 e. The van der Waals surface area contributed by atoms with Gasteiger partial charge in [-0.3, -0.25) is 0 Å². The summed E-state index contributed by atoms with van der Waals surface area (Å²) in [5, 5.41) is 0. The Morgan fingerprint density at radius 1 is 0.900 bits per heavy atom. The molecule has 2 aromatic carbocycles. The number of rotatable bonds is 3. The van der Waals surface area contributed by atoms with Crippen LogP contribution in [0, 0.1) is 0 Å². The van der Waals surface area contributed by atoms with Crippen LogP contribution in [-0.4, -0.2) is 0 Å². The maximum atomic E-state index is 6.39. The molecule has 0 radical (unpaired) electrons. The maximum Gasteiger partial charge on any atom is 0.0552 e. The molecule has 0 aromatic heterocycles. The Balaban J connectivity index is 1.83. The minimum atomic E-state index is -0.0840. The molecule has 1 aliphatic rings. The van der Waals surface area contributed by atoms with Crippen molar-refractivity contribution in [2.45, 2.75) is 31.2 Å². The average Bonchev–Trinajstić information content (AvgIpc) is 2.35. The molecule has 0 saturated heterocycles. The van der Waals surface area contributed by atoms with Crippen LogP contribution in [0.4, 0.5) is 0 Å². The van der Waals surface area contributed by atoms with E-state index in [1.807, 2.05) is 6.07 Å². The molecule has 0 aliphatic heterocycles. The number of hydrogen-bond donors (Lipinski definition) is 1. The molecule has 1 nitrogen and oxygen atoms in total. The summed E-state index contributed by atoms with van der Waals surface area (Å²) in [5.74, 6) is 0.778. The van der Waals surface area contributed by atoms with Gasteiger partial charge < -0.3 is 5.73 Å². The first kappa shape index (κ1) is 14.3. The summed E-state index contributed by atoms with van der Waals surface area (Å²) in [6.07, 6.45) is 4.05. The van der Waals surface area contributed by atoms with E-state index in [4.69, 9.17) is 5.73 Å². The topological polar surface area (TPSA) is 26.0 Å². The zero-order chi connectivity index (χ0) is 14.1. The molecule has 1 unspecified atom stereocenters. The summed E-state index contributed by atoms with van der Waals surface area (Å²) in [5.41, 5.74) is 10.1. The highest BCUT2D eigenvalue weighted by molar-refractivity contribution is 9.11. The Morgan fingerprint density at radius 2 is 1.50 bits per heavy atom. The van der Waals surface area contributed by atoms with Gasteiger partial charge in [0.2, 0.25) is 0 Å². The second-order valence-electron chi connectivity index (χ2n) is 5.47. The number of halogens is 2. The third-order valence-corrected chi connectivity index (χ3v) is 5.03. The number of benzene rings is 2. The highest BCUT2D eigenvalue weighted by Crippen LogP contribution is 2.36. The van der Waals surface area contributed by atoms with Crippen molar-refractivity contribution in [2.75, 3.05) is 0 Å². The molecular weight excluding hydrogens is 378 g/mol. The summed E-state index contributed by atoms with van der Waals surface area (Å²) >= 11 is 7.03. The zero-order valence-electron chi connectivity index (χ0n) is 11.2. The van der Waals surface area contributed by atoms with Gasteiger partial charge in [-0.25, -0.2) is 0 Å². The Kier molecular flexibility index (Phi) is 4.29. The molecule has 3 heteroatoms. The van der Waals surface area contributed by atoms with Crippen LogP contribution in [0.1, 0.15) is 47.9 Å². The van der Waals surface area contributed by atoms with Gasteiger partial charge in [0.05, 0.1) is 6.04 Å². The minimum absolute atomic E-state index is 0.0840. The van der Waals surface area contributed by atoms with Gasteiger partial charge >= 0.3 is 0 Å². The molecule has 2 N–H and O–H groups in total. The molecular formula is C17H17Br2N. The number of nitrogens with two attached hydrogens (primary N) is 1. The summed E-state index contributed by atoms with van der Waals surface area (Å²) in [7, 11) is 0. The normalized spacial score (nSPS) is 16.8. The molecule has 0 bridgehead atoms. The van der Waals surface area contributed by atoms with E-state index < -0.39 is 0 Å². The molecule has 1 fully saturated rings. The standard InChI is InChI=1S/C17H17Br2N/c18-15-8-14(9-16(19)10-15)17(20)13-6-4-12(5-7-13)11-2-1-3-11/h4-11,17H,1-3,20H2. The molecule has 104 valence electrons. The van der Waals surface area contributed by atoms with Crippen molar-refractivity contribution in [1.29, 1.82) is 0 Å². The van der Waals surface area contributed by atoms with Gasteiger partial charge in [0, 0.05) is 8.95 Å². The summed E-state index contributed by atoms with van der Waals surface area (Å²) in [6.45, 7) is 0. The van der Waals surface area contributed by atoms with Crippen LogP contribution in [0.5, 0.6) is 0 Å². The largest absolute Gasteiger partial charge is 0.320 e. The molecule has 20 heavy (non-hydrogen) atoms. The quantitative estimate of drug-likeness (QED) is 0.727. The average molecular weight is 395 g/mol. The van der Waals surface area contributed by atoms with E-state index in [2.05, 4.69) is 68.3 Å². The van der Waals surface area contributed by atoms with E-state index in [0.717, 1.165) is 26.0 Å². The lowest BCUT2D eigenvalue weighted by atomic mass is 9.79. The fraction of sp³-hybridized carbons (Fsp3) is 0.294. The van der Waals surface area contributed by atoms with Crippen LogP contribution in [0.25, 0.3) is 0 Å². The summed E-state index contributed by atoms with van der Waals surface area (Å²) < 4.78 is 2.09. The van der Waals surface area contributed by atoms with Crippen molar-refractivity contribution in [3.8, 4) is 0 Å². The second-order valence-corrected chi connectivity index (χ2v) is 7.31. The van der Waals surface area contributed by atoms with Crippen LogP contribution in [-0.2, 0) is 0 Å². The second kappa shape index (κ2) is 6.00. The monoisotopic (exact) mass is 393 g/mol. The van der Waals surface area contributed by atoms with Crippen LogP contribution >= 0.6 is 31.9 Å². The van der Waals surface area contributed by atoms with E-state index in [0.29, 0.717) is 0 Å². The van der Waals surface area contributed by atoms with Gasteiger partial charge in [-0.1, -0.05) is 62.5 Å². The predicted molar refractivity (Wildman–Crippen MR) is 90.9 cm³/mol. The molecule has 1 saturated carbocycles. The third kappa shape index (κ3) is 3.00. The molecule has 0 spiro atoms. The fourth-order valence-electron chi connectivity index (χ4n) is 2.66. The van der Waals surface area contributed by atoms with Crippen molar-refractivity contribution in [1.82, 2.24) is 0 Å². The third-order valence-electron chi connectivity index (χ3n) is 4.12. The first-order chi connectivity index (χ1) is 9.63. The summed E-state index contributed by atoms with van der Waals surface area (Å²) in [6, 6.07) is 14.9. The van der Waals surface area contributed by atoms with Gasteiger partial charge in [0.25, 0.3) is 0 Å². The van der Waals surface area contributed by atoms with E-state index in [1.54, 1.807) is 0 Å². The van der Waals surface area contributed by atoms with Crippen molar-refractivity contribution >= 4 is 31.9 Å². The summed E-state index contributed by atoms with van der Waals surface area (Å²) in [4.78, 5) is 0. The van der Waals surface area contributed by atoms with Crippen LogP contribution in [0.15, 0.2) is 51.4 Å². The van der Waals surface area contributed by atoms with Crippen molar-refractivity contribution < 1.29 is 0 Å². The van der Waals surface area contributed by atoms with Crippen LogP contribution in [0.2, 0.25) is 0 Å². The SMILES string of the molecule is NC(c1ccc(C2CCC2)cc1)c1cc(Br)cc(Br)c1. The first-order valence-electron chi connectivity index (χ1n) is 6.95. The Labute approximate surface area is 136 Å². The van der Waals surface area contributed by atoms with Gasteiger partial charge in [-0.05, 0) is 53.6 Å². The van der Waals surface area contributed by atoms with Crippen molar-refractivity contribution in [3.63, 3.8) is 0 Å². The molecule has 0 heterocycles. The first-order valence-corrected chi connectivity index (χ1v) is 8.53. The molecule has 1 atom stereocenters. The predicted octanol–water partition coefficient (Wildman–Crippen LogP) is 5.53. The van der Waals surface area contributed by atoms with Gasteiger partial charge in [0.15, 0.2) is 0 Å². The number of hydrogen-bond acceptors (Lipinski definition) is 1. The fourth-order valence-corrected chi connectivity index (χ4v) is 3.99. The highest BCUT2D eigenvalue weighted by atomic mass is 79.9. The molecule has 2 aromatic rings. The lowest BCUT2D eigenvalue weighted by Gasteiger charge is -2.26. The maximum absolute atomic E-state index is 6.39. The van der Waals surface area contributed by atoms with E-state index in [9.17, 15) is 0 Å². The van der Waals surface area contributed by atoms with Crippen LogP contribution < -0.4 is 5.73 Å². The Morgan fingerprint density at radius 3 is 2.00 bits per heavy atom. The lowest BCUT2D eigenvalue weighted by molar-refractivity contribution is 0.419. The van der Waals surface area contributed by atoms with E-state index in [1.165, 1.54) is 24.8 Å². The Bertz CT molecular complexity index is 583. The van der Waals surface area contributed by atoms with Crippen molar-refractivity contribution in [2.24, 2.45) is 5.73 Å². The molecule has 3 rings (SSSR count). The van der Waals surface area contributed by atoms with Gasteiger partial charge in [0.1, 0.15) is 0 Å². The lowest BCUT2D eigenvalue weighted by Crippen LogP contribution is -2.13. The Hall–Kier alpha value is -0.640. The van der Waals surface area contributed by atoms with E-state index >= 15 is 0 Å².